The van der Waals surface area contributed by atoms with E-state index >= 15 is 0 Å². The van der Waals surface area contributed by atoms with Gasteiger partial charge >= 0.3 is 0 Å². The van der Waals surface area contributed by atoms with Crippen molar-refractivity contribution in [3.8, 4) is 0 Å². The number of primary amides is 1. The molecule has 0 saturated carbocycles. The van der Waals surface area contributed by atoms with Gasteiger partial charge in [0.15, 0.2) is 0 Å². The molecule has 5 nitrogen and oxygen atoms in total. The smallest absolute Gasteiger partial charge is 0.251 e. The molecule has 1 aromatic rings. The van der Waals surface area contributed by atoms with Gasteiger partial charge in [-0.15, -0.1) is 11.8 Å². The Labute approximate surface area is 99.2 Å². The molecule has 0 aliphatic rings. The molecule has 0 aromatic carbocycles. The molecule has 1 rings (SSSR count). The van der Waals surface area contributed by atoms with Crippen LogP contribution >= 0.6 is 11.8 Å². The van der Waals surface area contributed by atoms with Crippen LogP contribution in [0.4, 0.5) is 5.69 Å². The van der Waals surface area contributed by atoms with E-state index in [9.17, 15) is 4.79 Å². The van der Waals surface area contributed by atoms with E-state index in [0.29, 0.717) is 16.3 Å². The molecule has 0 saturated heterocycles. The Hall–Kier alpha value is -1.27. The van der Waals surface area contributed by atoms with Gasteiger partial charge in [-0.3, -0.25) is 4.79 Å². The Bertz CT molecular complexity index is 381. The first-order valence-corrected chi connectivity index (χ1v) is 5.82. The van der Waals surface area contributed by atoms with E-state index in [0.717, 1.165) is 12.3 Å². The molecule has 16 heavy (non-hydrogen) atoms. The zero-order valence-corrected chi connectivity index (χ0v) is 10.3. The number of rotatable bonds is 5. The summed E-state index contributed by atoms with van der Waals surface area (Å²) in [7, 11) is 3.98. The average Bonchev–Trinajstić information content (AvgIpc) is 2.19. The Kier molecular flexibility index (Phi) is 4.57. The number of nitrogens with two attached hydrogens (primary N) is 2. The Morgan fingerprint density at radius 2 is 2.25 bits per heavy atom. The van der Waals surface area contributed by atoms with E-state index in [-0.39, 0.29) is 0 Å². The summed E-state index contributed by atoms with van der Waals surface area (Å²) < 4.78 is 0. The monoisotopic (exact) mass is 240 g/mol. The van der Waals surface area contributed by atoms with Crippen molar-refractivity contribution in [3.05, 3.63) is 17.8 Å². The molecule has 88 valence electrons. The molecule has 0 bridgehead atoms. The summed E-state index contributed by atoms with van der Waals surface area (Å²) in [4.78, 5) is 17.4. The van der Waals surface area contributed by atoms with Crippen LogP contribution in [0.1, 0.15) is 10.4 Å². The fourth-order valence-electron chi connectivity index (χ4n) is 1.08. The van der Waals surface area contributed by atoms with Crippen molar-refractivity contribution in [3.63, 3.8) is 0 Å². The molecule has 1 heterocycles. The van der Waals surface area contributed by atoms with Crippen LogP contribution < -0.4 is 11.5 Å². The van der Waals surface area contributed by atoms with E-state index in [1.807, 2.05) is 14.1 Å². The van der Waals surface area contributed by atoms with Gasteiger partial charge in [0.2, 0.25) is 0 Å². The quantitative estimate of drug-likeness (QED) is 0.728. The van der Waals surface area contributed by atoms with Crippen molar-refractivity contribution >= 4 is 23.4 Å². The standard InChI is InChI=1S/C10H16N4OS/c1-14(2)3-4-16-10-8(9(12)15)5-7(11)6-13-10/h5-6H,3-4,11H2,1-2H3,(H2,12,15). The first-order valence-electron chi connectivity index (χ1n) is 4.83. The van der Waals surface area contributed by atoms with Crippen LogP contribution in [0.15, 0.2) is 17.3 Å². The fourth-order valence-corrected chi connectivity index (χ4v) is 2.18. The van der Waals surface area contributed by atoms with E-state index in [1.165, 1.54) is 18.0 Å². The van der Waals surface area contributed by atoms with Crippen molar-refractivity contribution in [2.24, 2.45) is 5.73 Å². The highest BCUT2D eigenvalue weighted by Crippen LogP contribution is 2.21. The van der Waals surface area contributed by atoms with Crippen LogP contribution in [0.3, 0.4) is 0 Å². The topological polar surface area (TPSA) is 85.2 Å². The maximum absolute atomic E-state index is 11.2. The van der Waals surface area contributed by atoms with Crippen molar-refractivity contribution in [2.45, 2.75) is 5.03 Å². The van der Waals surface area contributed by atoms with Gasteiger partial charge in [0.1, 0.15) is 5.03 Å². The minimum absolute atomic E-state index is 0.392. The van der Waals surface area contributed by atoms with Gasteiger partial charge in [-0.25, -0.2) is 4.98 Å². The van der Waals surface area contributed by atoms with Crippen LogP contribution in [0.25, 0.3) is 0 Å². The molecule has 0 spiro atoms. The molecule has 0 radical (unpaired) electrons. The predicted molar refractivity (Wildman–Crippen MR) is 66.4 cm³/mol. The first kappa shape index (κ1) is 12.8. The number of carbonyl (C=O) groups excluding carboxylic acids is 1. The van der Waals surface area contributed by atoms with Gasteiger partial charge in [0.05, 0.1) is 17.4 Å². The molecule has 1 aromatic heterocycles. The molecule has 0 atom stereocenters. The van der Waals surface area contributed by atoms with Crippen molar-refractivity contribution in [1.29, 1.82) is 0 Å². The number of anilines is 1. The molecule has 0 aliphatic heterocycles. The molecule has 6 heteroatoms. The highest BCUT2D eigenvalue weighted by Gasteiger charge is 2.10. The van der Waals surface area contributed by atoms with Crippen LogP contribution in [0, 0.1) is 0 Å². The highest BCUT2D eigenvalue weighted by molar-refractivity contribution is 7.99. The van der Waals surface area contributed by atoms with Crippen LogP contribution in [0.5, 0.6) is 0 Å². The zero-order chi connectivity index (χ0) is 12.1. The first-order chi connectivity index (χ1) is 7.50. The van der Waals surface area contributed by atoms with E-state index in [2.05, 4.69) is 9.88 Å². The second-order valence-electron chi connectivity index (χ2n) is 3.64. The zero-order valence-electron chi connectivity index (χ0n) is 9.43. The average molecular weight is 240 g/mol. The molecule has 0 fully saturated rings. The summed E-state index contributed by atoms with van der Waals surface area (Å²) >= 11 is 1.50. The van der Waals surface area contributed by atoms with Gasteiger partial charge in [-0.05, 0) is 20.2 Å². The summed E-state index contributed by atoms with van der Waals surface area (Å²) in [5.74, 6) is 0.358. The van der Waals surface area contributed by atoms with Gasteiger partial charge < -0.3 is 16.4 Å². The van der Waals surface area contributed by atoms with E-state index < -0.39 is 5.91 Å². The van der Waals surface area contributed by atoms with E-state index in [4.69, 9.17) is 11.5 Å². The number of hydrogen-bond donors (Lipinski definition) is 2. The summed E-state index contributed by atoms with van der Waals surface area (Å²) in [6, 6.07) is 1.56. The number of aromatic nitrogens is 1. The maximum Gasteiger partial charge on any atom is 0.251 e. The second kappa shape index (κ2) is 5.72. The molecule has 0 unspecified atom stereocenters. The SMILES string of the molecule is CN(C)CCSc1ncc(N)cc1C(N)=O. The summed E-state index contributed by atoms with van der Waals surface area (Å²) in [5.41, 5.74) is 11.7. The Balaban J connectivity index is 2.75. The van der Waals surface area contributed by atoms with Gasteiger partial charge in [-0.2, -0.15) is 0 Å². The second-order valence-corrected chi connectivity index (χ2v) is 4.72. The Morgan fingerprint density at radius 1 is 1.56 bits per heavy atom. The lowest BCUT2D eigenvalue weighted by Gasteiger charge is -2.10. The lowest BCUT2D eigenvalue weighted by Crippen LogP contribution is -2.16. The van der Waals surface area contributed by atoms with Crippen molar-refractivity contribution in [2.75, 3.05) is 32.1 Å². The van der Waals surface area contributed by atoms with Crippen molar-refractivity contribution < 1.29 is 4.79 Å². The minimum Gasteiger partial charge on any atom is -0.397 e. The summed E-state index contributed by atoms with van der Waals surface area (Å²) in [6.07, 6.45) is 1.53. The largest absolute Gasteiger partial charge is 0.397 e. The van der Waals surface area contributed by atoms with Crippen molar-refractivity contribution in [1.82, 2.24) is 9.88 Å². The van der Waals surface area contributed by atoms with Crippen LogP contribution in [-0.4, -0.2) is 42.2 Å². The van der Waals surface area contributed by atoms with Gasteiger partial charge in [-0.1, -0.05) is 0 Å². The highest BCUT2D eigenvalue weighted by atomic mass is 32.2. The molecule has 0 aliphatic carbocycles. The van der Waals surface area contributed by atoms with Crippen LogP contribution in [-0.2, 0) is 0 Å². The molecule has 4 N–H and O–H groups in total. The normalized spacial score (nSPS) is 10.7. The maximum atomic E-state index is 11.2. The third-order valence-corrected chi connectivity index (χ3v) is 2.90. The third kappa shape index (κ3) is 3.71. The molecule has 1 amide bonds. The number of nitrogens with zero attached hydrogens (tertiary/aromatic N) is 2. The number of thioether (sulfide) groups is 1. The molecular formula is C10H16N4OS. The Morgan fingerprint density at radius 3 is 2.81 bits per heavy atom. The van der Waals surface area contributed by atoms with Gasteiger partial charge in [0.25, 0.3) is 5.91 Å². The minimum atomic E-state index is -0.493. The van der Waals surface area contributed by atoms with E-state index in [1.54, 1.807) is 6.07 Å². The number of nitrogen functional groups attached to an aromatic ring is 1. The fraction of sp³-hybridized carbons (Fsp3) is 0.400. The lowest BCUT2D eigenvalue weighted by atomic mass is 10.2. The third-order valence-electron chi connectivity index (χ3n) is 1.92. The molecular weight excluding hydrogens is 224 g/mol. The van der Waals surface area contributed by atoms with Gasteiger partial charge in [0, 0.05) is 12.3 Å². The number of carbonyl (C=O) groups is 1. The summed E-state index contributed by atoms with van der Waals surface area (Å²) in [6.45, 7) is 0.912. The van der Waals surface area contributed by atoms with Crippen LogP contribution in [0.2, 0.25) is 0 Å². The number of pyridine rings is 1. The number of amides is 1. The number of hydrogen-bond acceptors (Lipinski definition) is 5. The lowest BCUT2D eigenvalue weighted by molar-refractivity contribution is 0.0997. The predicted octanol–water partition coefficient (Wildman–Crippen LogP) is 0.416. The summed E-state index contributed by atoms with van der Waals surface area (Å²) in [5, 5.41) is 0.642.